The lowest BCUT2D eigenvalue weighted by atomic mass is 9.95. The number of hydrogen-bond acceptors (Lipinski definition) is 6. The predicted molar refractivity (Wildman–Crippen MR) is 111 cm³/mol. The average molecular weight is 396 g/mol. The second-order valence-electron chi connectivity index (χ2n) is 7.48. The van der Waals surface area contributed by atoms with Crippen molar-refractivity contribution in [1.82, 2.24) is 15.0 Å². The molecule has 6 nitrogen and oxygen atoms in total. The van der Waals surface area contributed by atoms with Crippen LogP contribution >= 0.6 is 11.6 Å². The van der Waals surface area contributed by atoms with Gasteiger partial charge in [-0.05, 0) is 29.8 Å². The Morgan fingerprint density at radius 1 is 1.07 bits per heavy atom. The summed E-state index contributed by atoms with van der Waals surface area (Å²) in [7, 11) is 0. The Morgan fingerprint density at radius 3 is 2.79 bits per heavy atom. The SMILES string of the molecule is C[C@@H]1CN(c2ncnc3ccc(Cl)cc23)Cc2cc(N3CCOCC3)cnc21. The van der Waals surface area contributed by atoms with E-state index in [0.717, 1.165) is 56.1 Å². The molecule has 3 aromatic rings. The maximum Gasteiger partial charge on any atom is 0.140 e. The van der Waals surface area contributed by atoms with Gasteiger partial charge in [-0.15, -0.1) is 0 Å². The van der Waals surface area contributed by atoms with Crippen LogP contribution in [0.1, 0.15) is 24.1 Å². The number of aromatic nitrogens is 3. The Balaban J connectivity index is 1.51. The molecule has 0 radical (unpaired) electrons. The van der Waals surface area contributed by atoms with Crippen LogP contribution in [-0.4, -0.2) is 47.8 Å². The summed E-state index contributed by atoms with van der Waals surface area (Å²) in [6.07, 6.45) is 3.64. The van der Waals surface area contributed by atoms with E-state index in [1.165, 1.54) is 16.9 Å². The minimum Gasteiger partial charge on any atom is -0.378 e. The molecule has 0 saturated carbocycles. The molecule has 7 heteroatoms. The van der Waals surface area contributed by atoms with Crippen molar-refractivity contribution >= 4 is 34.0 Å². The van der Waals surface area contributed by atoms with Gasteiger partial charge in [0.25, 0.3) is 0 Å². The summed E-state index contributed by atoms with van der Waals surface area (Å²) >= 11 is 6.25. The van der Waals surface area contributed by atoms with Crippen molar-refractivity contribution in [1.29, 1.82) is 0 Å². The van der Waals surface area contributed by atoms with Gasteiger partial charge in [-0.1, -0.05) is 18.5 Å². The Labute approximate surface area is 169 Å². The van der Waals surface area contributed by atoms with E-state index in [-0.39, 0.29) is 0 Å². The number of hydrogen-bond donors (Lipinski definition) is 0. The third-order valence-corrected chi connectivity index (χ3v) is 5.80. The average Bonchev–Trinajstić information content (AvgIpc) is 2.73. The smallest absolute Gasteiger partial charge is 0.140 e. The number of morpholine rings is 1. The maximum absolute atomic E-state index is 6.25. The van der Waals surface area contributed by atoms with Gasteiger partial charge in [0.15, 0.2) is 0 Å². The number of fused-ring (bicyclic) bond motifs is 2. The normalized spacial score (nSPS) is 19.7. The highest BCUT2D eigenvalue weighted by molar-refractivity contribution is 6.31. The molecule has 0 amide bonds. The number of benzene rings is 1. The van der Waals surface area contributed by atoms with Crippen LogP contribution in [0.3, 0.4) is 0 Å². The first-order chi connectivity index (χ1) is 13.7. The van der Waals surface area contributed by atoms with Gasteiger partial charge >= 0.3 is 0 Å². The zero-order chi connectivity index (χ0) is 19.1. The zero-order valence-corrected chi connectivity index (χ0v) is 16.6. The van der Waals surface area contributed by atoms with Crippen LogP contribution in [0.4, 0.5) is 11.5 Å². The van der Waals surface area contributed by atoms with E-state index in [4.69, 9.17) is 21.3 Å². The first-order valence-corrected chi connectivity index (χ1v) is 10.0. The standard InChI is InChI=1S/C21H22ClN5O/c1-14-11-27(21-18-9-16(22)2-3-19(18)24-13-25-21)12-15-8-17(10-23-20(14)15)26-4-6-28-7-5-26/h2-3,8-10,13-14H,4-7,11-12H2,1H3/t14-/m1/s1. The van der Waals surface area contributed by atoms with E-state index in [0.29, 0.717) is 10.9 Å². The van der Waals surface area contributed by atoms with Crippen molar-refractivity contribution in [3.05, 3.63) is 53.1 Å². The molecule has 2 aliphatic heterocycles. The molecule has 144 valence electrons. The molecule has 4 heterocycles. The summed E-state index contributed by atoms with van der Waals surface area (Å²) in [4.78, 5) is 18.5. The van der Waals surface area contributed by atoms with Crippen LogP contribution in [0.15, 0.2) is 36.8 Å². The number of pyridine rings is 1. The lowest BCUT2D eigenvalue weighted by molar-refractivity contribution is 0.122. The molecular formula is C21H22ClN5O. The van der Waals surface area contributed by atoms with Crippen molar-refractivity contribution in [2.45, 2.75) is 19.4 Å². The van der Waals surface area contributed by atoms with Gasteiger partial charge in [0.05, 0.1) is 36.3 Å². The molecule has 2 aliphatic rings. The number of halogens is 1. The molecule has 28 heavy (non-hydrogen) atoms. The molecule has 2 aromatic heterocycles. The Kier molecular flexibility index (Phi) is 4.53. The molecule has 1 atom stereocenters. The van der Waals surface area contributed by atoms with E-state index in [1.54, 1.807) is 6.33 Å². The van der Waals surface area contributed by atoms with Crippen molar-refractivity contribution in [2.75, 3.05) is 42.6 Å². The number of anilines is 2. The molecule has 0 N–H and O–H groups in total. The summed E-state index contributed by atoms with van der Waals surface area (Å²) in [6, 6.07) is 8.05. The van der Waals surface area contributed by atoms with Gasteiger partial charge in [0.2, 0.25) is 0 Å². The summed E-state index contributed by atoms with van der Waals surface area (Å²) in [5.74, 6) is 1.26. The molecule has 1 fully saturated rings. The summed E-state index contributed by atoms with van der Waals surface area (Å²) < 4.78 is 5.48. The highest BCUT2D eigenvalue weighted by Gasteiger charge is 2.26. The van der Waals surface area contributed by atoms with Crippen LogP contribution in [-0.2, 0) is 11.3 Å². The van der Waals surface area contributed by atoms with E-state index in [2.05, 4.69) is 32.8 Å². The van der Waals surface area contributed by atoms with Crippen LogP contribution < -0.4 is 9.80 Å². The van der Waals surface area contributed by atoms with Crippen molar-refractivity contribution in [2.24, 2.45) is 0 Å². The van der Waals surface area contributed by atoms with E-state index in [9.17, 15) is 0 Å². The quantitative estimate of drug-likeness (QED) is 0.660. The van der Waals surface area contributed by atoms with Crippen LogP contribution in [0.2, 0.25) is 5.02 Å². The van der Waals surface area contributed by atoms with Gasteiger partial charge in [-0.2, -0.15) is 0 Å². The largest absolute Gasteiger partial charge is 0.378 e. The maximum atomic E-state index is 6.25. The van der Waals surface area contributed by atoms with Gasteiger partial charge in [-0.25, -0.2) is 9.97 Å². The molecule has 1 saturated heterocycles. The first kappa shape index (κ1) is 17.6. The van der Waals surface area contributed by atoms with E-state index >= 15 is 0 Å². The molecular weight excluding hydrogens is 374 g/mol. The fourth-order valence-electron chi connectivity index (χ4n) is 4.19. The minimum atomic E-state index is 0.326. The molecule has 0 spiro atoms. The van der Waals surface area contributed by atoms with Crippen LogP contribution in [0, 0.1) is 0 Å². The number of ether oxygens (including phenoxy) is 1. The topological polar surface area (TPSA) is 54.4 Å². The Morgan fingerprint density at radius 2 is 1.93 bits per heavy atom. The van der Waals surface area contributed by atoms with Gasteiger partial charge in [-0.3, -0.25) is 4.98 Å². The summed E-state index contributed by atoms with van der Waals surface area (Å²) in [6.45, 7) is 7.24. The fourth-order valence-corrected chi connectivity index (χ4v) is 4.36. The molecule has 0 unspecified atom stereocenters. The van der Waals surface area contributed by atoms with Gasteiger partial charge < -0.3 is 14.5 Å². The monoisotopic (exact) mass is 395 g/mol. The van der Waals surface area contributed by atoms with Crippen molar-refractivity contribution < 1.29 is 4.74 Å². The molecule has 1 aromatic carbocycles. The Bertz CT molecular complexity index is 1020. The second kappa shape index (κ2) is 7.18. The predicted octanol–water partition coefficient (Wildman–Crippen LogP) is 3.64. The summed E-state index contributed by atoms with van der Waals surface area (Å²) in [5.41, 5.74) is 4.53. The zero-order valence-electron chi connectivity index (χ0n) is 15.8. The van der Waals surface area contributed by atoms with E-state index < -0.39 is 0 Å². The minimum absolute atomic E-state index is 0.326. The lowest BCUT2D eigenvalue weighted by Crippen LogP contribution is -2.37. The van der Waals surface area contributed by atoms with Gasteiger partial charge in [0, 0.05) is 42.5 Å². The van der Waals surface area contributed by atoms with Crippen molar-refractivity contribution in [3.63, 3.8) is 0 Å². The number of rotatable bonds is 2. The van der Waals surface area contributed by atoms with Crippen LogP contribution in [0.25, 0.3) is 10.9 Å². The lowest BCUT2D eigenvalue weighted by Gasteiger charge is -2.35. The molecule has 5 rings (SSSR count). The Hall–Kier alpha value is -2.44. The highest BCUT2D eigenvalue weighted by atomic mass is 35.5. The fraction of sp³-hybridized carbons (Fsp3) is 0.381. The number of nitrogens with zero attached hydrogens (tertiary/aromatic N) is 5. The molecule has 0 aliphatic carbocycles. The second-order valence-corrected chi connectivity index (χ2v) is 7.91. The summed E-state index contributed by atoms with van der Waals surface area (Å²) in [5, 5.41) is 1.69. The van der Waals surface area contributed by atoms with Gasteiger partial charge in [0.1, 0.15) is 12.1 Å². The van der Waals surface area contributed by atoms with Crippen LogP contribution in [0.5, 0.6) is 0 Å². The first-order valence-electron chi connectivity index (χ1n) is 9.66. The highest BCUT2D eigenvalue weighted by Crippen LogP contribution is 2.34. The van der Waals surface area contributed by atoms with Crippen molar-refractivity contribution in [3.8, 4) is 0 Å². The third kappa shape index (κ3) is 3.16. The molecule has 0 bridgehead atoms. The van der Waals surface area contributed by atoms with E-state index in [1.807, 2.05) is 24.4 Å². The third-order valence-electron chi connectivity index (χ3n) is 5.56.